The SMILES string of the molecule is NC(=O)CN(C(=O)C1CCCCS1(=O)=O)C1CCNCC1. The normalized spacial score (nSPS) is 26.2. The molecule has 2 aliphatic rings. The summed E-state index contributed by atoms with van der Waals surface area (Å²) in [6.45, 7) is 1.31. The van der Waals surface area contributed by atoms with Gasteiger partial charge in [-0.2, -0.15) is 0 Å². The lowest BCUT2D eigenvalue weighted by Crippen LogP contribution is -2.54. The van der Waals surface area contributed by atoms with E-state index in [1.807, 2.05) is 0 Å². The second kappa shape index (κ2) is 6.74. The summed E-state index contributed by atoms with van der Waals surface area (Å²) in [5.41, 5.74) is 5.24. The minimum Gasteiger partial charge on any atom is -0.368 e. The van der Waals surface area contributed by atoms with Gasteiger partial charge in [0.15, 0.2) is 9.84 Å². The van der Waals surface area contributed by atoms with Gasteiger partial charge in [-0.3, -0.25) is 9.59 Å². The molecule has 2 saturated heterocycles. The van der Waals surface area contributed by atoms with Crippen molar-refractivity contribution < 1.29 is 18.0 Å². The monoisotopic (exact) mass is 317 g/mol. The first-order chi connectivity index (χ1) is 9.92. The number of hydrogen-bond donors (Lipinski definition) is 2. The van der Waals surface area contributed by atoms with Crippen molar-refractivity contribution in [3.05, 3.63) is 0 Å². The zero-order valence-electron chi connectivity index (χ0n) is 12.1. The van der Waals surface area contributed by atoms with Crippen LogP contribution in [0.25, 0.3) is 0 Å². The van der Waals surface area contributed by atoms with Crippen molar-refractivity contribution in [3.8, 4) is 0 Å². The highest BCUT2D eigenvalue weighted by molar-refractivity contribution is 7.92. The van der Waals surface area contributed by atoms with Gasteiger partial charge in [-0.05, 0) is 38.8 Å². The number of rotatable bonds is 4. The minimum atomic E-state index is -3.40. The number of carbonyl (C=O) groups excluding carboxylic acids is 2. The molecule has 0 aromatic heterocycles. The zero-order valence-corrected chi connectivity index (χ0v) is 12.9. The second-order valence-electron chi connectivity index (χ2n) is 5.77. The lowest BCUT2D eigenvalue weighted by Gasteiger charge is -2.36. The van der Waals surface area contributed by atoms with Gasteiger partial charge in [0.05, 0.1) is 12.3 Å². The van der Waals surface area contributed by atoms with Crippen LogP contribution in [0.4, 0.5) is 0 Å². The van der Waals surface area contributed by atoms with E-state index in [4.69, 9.17) is 5.73 Å². The molecule has 120 valence electrons. The van der Waals surface area contributed by atoms with Crippen LogP contribution in [0.5, 0.6) is 0 Å². The van der Waals surface area contributed by atoms with E-state index in [-0.39, 0.29) is 18.3 Å². The predicted octanol–water partition coefficient (Wildman–Crippen LogP) is -0.980. The third-order valence-corrected chi connectivity index (χ3v) is 6.37. The molecule has 0 aromatic rings. The van der Waals surface area contributed by atoms with Gasteiger partial charge in [0.25, 0.3) is 0 Å². The van der Waals surface area contributed by atoms with Gasteiger partial charge < -0.3 is 16.0 Å². The van der Waals surface area contributed by atoms with E-state index in [0.717, 1.165) is 19.5 Å². The fraction of sp³-hybridized carbons (Fsp3) is 0.846. The van der Waals surface area contributed by atoms with Gasteiger partial charge in [0.1, 0.15) is 5.25 Å². The predicted molar refractivity (Wildman–Crippen MR) is 78.2 cm³/mol. The Morgan fingerprint density at radius 2 is 1.81 bits per heavy atom. The highest BCUT2D eigenvalue weighted by Gasteiger charge is 2.39. The largest absolute Gasteiger partial charge is 0.368 e. The Morgan fingerprint density at radius 1 is 1.14 bits per heavy atom. The number of amides is 2. The van der Waals surface area contributed by atoms with E-state index in [2.05, 4.69) is 5.32 Å². The van der Waals surface area contributed by atoms with Gasteiger partial charge in [-0.15, -0.1) is 0 Å². The van der Waals surface area contributed by atoms with Crippen LogP contribution in [0.15, 0.2) is 0 Å². The molecule has 2 aliphatic heterocycles. The minimum absolute atomic E-state index is 0.0556. The molecule has 1 unspecified atom stereocenters. The summed E-state index contributed by atoms with van der Waals surface area (Å²) < 4.78 is 24.2. The van der Waals surface area contributed by atoms with Crippen LogP contribution in [-0.4, -0.2) is 61.8 Å². The van der Waals surface area contributed by atoms with Crippen molar-refractivity contribution in [2.24, 2.45) is 5.73 Å². The number of carbonyl (C=O) groups is 2. The summed E-state index contributed by atoms with van der Waals surface area (Å²) in [4.78, 5) is 25.3. The second-order valence-corrected chi connectivity index (χ2v) is 8.07. The highest BCUT2D eigenvalue weighted by atomic mass is 32.2. The van der Waals surface area contributed by atoms with Gasteiger partial charge in [0, 0.05) is 6.04 Å². The summed E-state index contributed by atoms with van der Waals surface area (Å²) in [5.74, 6) is -0.990. The molecular weight excluding hydrogens is 294 g/mol. The third-order valence-electron chi connectivity index (χ3n) is 4.21. The van der Waals surface area contributed by atoms with Crippen molar-refractivity contribution >= 4 is 21.7 Å². The Balaban J connectivity index is 2.18. The molecule has 1 atom stereocenters. The van der Waals surface area contributed by atoms with Crippen molar-refractivity contribution in [2.75, 3.05) is 25.4 Å². The van der Waals surface area contributed by atoms with Crippen molar-refractivity contribution in [1.29, 1.82) is 0 Å². The average Bonchev–Trinajstić information content (AvgIpc) is 2.44. The molecule has 2 fully saturated rings. The molecular formula is C13H23N3O4S. The van der Waals surface area contributed by atoms with Gasteiger partial charge in [-0.1, -0.05) is 6.42 Å². The van der Waals surface area contributed by atoms with Crippen LogP contribution < -0.4 is 11.1 Å². The number of nitrogens with two attached hydrogens (primary N) is 1. The van der Waals surface area contributed by atoms with E-state index in [1.165, 1.54) is 4.90 Å². The molecule has 2 heterocycles. The first-order valence-electron chi connectivity index (χ1n) is 7.43. The molecule has 0 saturated carbocycles. The van der Waals surface area contributed by atoms with Crippen molar-refractivity contribution in [2.45, 2.75) is 43.4 Å². The number of nitrogens with zero attached hydrogens (tertiary/aromatic N) is 1. The molecule has 8 heteroatoms. The molecule has 2 rings (SSSR count). The Hall–Kier alpha value is -1.15. The Labute approximate surface area is 125 Å². The summed E-state index contributed by atoms with van der Waals surface area (Å²) in [5, 5.41) is 2.19. The third kappa shape index (κ3) is 3.94. The summed E-state index contributed by atoms with van der Waals surface area (Å²) in [6.07, 6.45) is 3.11. The fourth-order valence-electron chi connectivity index (χ4n) is 3.09. The van der Waals surface area contributed by atoms with Crippen molar-refractivity contribution in [3.63, 3.8) is 0 Å². The van der Waals surface area contributed by atoms with E-state index < -0.39 is 26.9 Å². The van der Waals surface area contributed by atoms with E-state index >= 15 is 0 Å². The number of nitrogens with one attached hydrogen (secondary N) is 1. The molecule has 21 heavy (non-hydrogen) atoms. The smallest absolute Gasteiger partial charge is 0.241 e. The summed E-state index contributed by atoms with van der Waals surface area (Å²) in [7, 11) is -3.40. The van der Waals surface area contributed by atoms with Crippen LogP contribution in [0, 0.1) is 0 Å². The van der Waals surface area contributed by atoms with Crippen LogP contribution in [-0.2, 0) is 19.4 Å². The Kier molecular flexibility index (Phi) is 5.21. The number of piperidine rings is 1. The van der Waals surface area contributed by atoms with Crippen molar-refractivity contribution in [1.82, 2.24) is 10.2 Å². The molecule has 0 aliphatic carbocycles. The van der Waals surface area contributed by atoms with Gasteiger partial charge in [-0.25, -0.2) is 8.42 Å². The molecule has 0 aromatic carbocycles. The zero-order chi connectivity index (χ0) is 15.5. The molecule has 0 bridgehead atoms. The van der Waals surface area contributed by atoms with Gasteiger partial charge in [0.2, 0.25) is 11.8 Å². The standard InChI is InChI=1S/C13H23N3O4S/c14-12(17)9-16(10-4-6-15-7-5-10)13(18)11-3-1-2-8-21(11,19)20/h10-11,15H,1-9H2,(H2,14,17). The fourth-order valence-corrected chi connectivity index (χ4v) is 4.95. The molecule has 2 amide bonds. The van der Waals surface area contributed by atoms with Gasteiger partial charge >= 0.3 is 0 Å². The summed E-state index contributed by atoms with van der Waals surface area (Å²) >= 11 is 0. The average molecular weight is 317 g/mol. The molecule has 0 radical (unpaired) electrons. The quantitative estimate of drug-likeness (QED) is 0.692. The maximum atomic E-state index is 12.7. The number of sulfone groups is 1. The topological polar surface area (TPSA) is 110 Å². The number of primary amides is 1. The Bertz CT molecular complexity index is 500. The van der Waals surface area contributed by atoms with Crippen LogP contribution >= 0.6 is 0 Å². The van der Waals surface area contributed by atoms with Crippen LogP contribution in [0.2, 0.25) is 0 Å². The molecule has 7 nitrogen and oxygen atoms in total. The van der Waals surface area contributed by atoms with E-state index in [9.17, 15) is 18.0 Å². The lowest BCUT2D eigenvalue weighted by molar-refractivity contribution is -0.137. The number of hydrogen-bond acceptors (Lipinski definition) is 5. The van der Waals surface area contributed by atoms with E-state index in [0.29, 0.717) is 25.7 Å². The maximum Gasteiger partial charge on any atom is 0.241 e. The van der Waals surface area contributed by atoms with Crippen LogP contribution in [0.1, 0.15) is 32.1 Å². The first kappa shape index (κ1) is 16.2. The molecule has 0 spiro atoms. The Morgan fingerprint density at radius 3 is 2.38 bits per heavy atom. The van der Waals surface area contributed by atoms with Crippen LogP contribution in [0.3, 0.4) is 0 Å². The highest BCUT2D eigenvalue weighted by Crippen LogP contribution is 2.23. The molecule has 3 N–H and O–H groups in total. The summed E-state index contributed by atoms with van der Waals surface area (Å²) in [6, 6.07) is -0.108. The first-order valence-corrected chi connectivity index (χ1v) is 9.14. The van der Waals surface area contributed by atoms with E-state index in [1.54, 1.807) is 0 Å². The lowest BCUT2D eigenvalue weighted by atomic mass is 10.0. The maximum absolute atomic E-state index is 12.7.